The van der Waals surface area contributed by atoms with Crippen molar-refractivity contribution in [3.63, 3.8) is 0 Å². The number of aliphatic carboxylic acids is 1. The van der Waals surface area contributed by atoms with Crippen LogP contribution in [0.25, 0.3) is 0 Å². The van der Waals surface area contributed by atoms with Crippen LogP contribution in [0.5, 0.6) is 0 Å². The van der Waals surface area contributed by atoms with Crippen LogP contribution >= 0.6 is 11.8 Å². The number of aromatic nitrogens is 2. The molecule has 1 heterocycles. The number of nitrogens with zero attached hydrogens (tertiary/aromatic N) is 2. The third kappa shape index (κ3) is 2.98. The molecule has 1 N–H and O–H groups in total. The van der Waals surface area contributed by atoms with E-state index >= 15 is 0 Å². The van der Waals surface area contributed by atoms with E-state index in [2.05, 4.69) is 9.97 Å². The lowest BCUT2D eigenvalue weighted by Gasteiger charge is -2.00. The van der Waals surface area contributed by atoms with Crippen LogP contribution in [0.1, 0.15) is 5.56 Å². The van der Waals surface area contributed by atoms with Gasteiger partial charge < -0.3 is 5.11 Å². The number of hydrogen-bond donors (Lipinski definition) is 1. The van der Waals surface area contributed by atoms with Gasteiger partial charge in [-0.3, -0.25) is 0 Å². The quantitative estimate of drug-likeness (QED) is 0.590. The second kappa shape index (κ2) is 4.18. The Kier molecular flexibility index (Phi) is 3.18. The van der Waals surface area contributed by atoms with Crippen LogP contribution in [-0.2, 0) is 4.79 Å². The fourth-order valence-electron chi connectivity index (χ4n) is 0.585. The summed E-state index contributed by atoms with van der Waals surface area (Å²) < 4.78 is 12.6. The average Bonchev–Trinajstić information content (AvgIpc) is 2.08. The Morgan fingerprint density at radius 1 is 1.62 bits per heavy atom. The van der Waals surface area contributed by atoms with Gasteiger partial charge in [-0.15, -0.1) is 0 Å². The van der Waals surface area contributed by atoms with Gasteiger partial charge in [0.25, 0.3) is 0 Å². The van der Waals surface area contributed by atoms with Gasteiger partial charge in [-0.2, -0.15) is 0 Å². The molecule has 0 saturated heterocycles. The summed E-state index contributed by atoms with van der Waals surface area (Å²) in [5, 5.41) is 8.37. The molecule has 0 aliphatic heterocycles. The summed E-state index contributed by atoms with van der Waals surface area (Å²) in [5.41, 5.74) is -1.17. The van der Waals surface area contributed by atoms with E-state index in [1.165, 1.54) is 12.4 Å². The molecular formula is C7H7FN2O2S. The minimum Gasteiger partial charge on any atom is -0.478 e. The lowest BCUT2D eigenvalue weighted by atomic mass is 10.4. The van der Waals surface area contributed by atoms with Gasteiger partial charge in [0, 0.05) is 12.4 Å². The normalized spacial score (nSPS) is 12.5. The molecule has 0 aliphatic rings. The number of thioether (sulfide) groups is 1. The van der Waals surface area contributed by atoms with Gasteiger partial charge >= 0.3 is 5.97 Å². The van der Waals surface area contributed by atoms with Crippen LogP contribution in [0.2, 0.25) is 0 Å². The largest absolute Gasteiger partial charge is 0.478 e. The number of rotatable bonds is 3. The van der Waals surface area contributed by atoms with Crippen molar-refractivity contribution in [2.24, 2.45) is 0 Å². The van der Waals surface area contributed by atoms with Crippen LogP contribution < -0.4 is 0 Å². The first-order valence-electron chi connectivity index (χ1n) is 3.42. The van der Waals surface area contributed by atoms with Crippen LogP contribution in [0.15, 0.2) is 17.6 Å². The van der Waals surface area contributed by atoms with Crippen molar-refractivity contribution in [1.29, 1.82) is 0 Å². The molecule has 0 bridgehead atoms. The summed E-state index contributed by atoms with van der Waals surface area (Å²) in [6, 6.07) is 0. The Hall–Kier alpha value is -1.17. The molecule has 0 spiro atoms. The van der Waals surface area contributed by atoms with Crippen molar-refractivity contribution in [3.8, 4) is 0 Å². The van der Waals surface area contributed by atoms with Gasteiger partial charge in [0.05, 0.1) is 0 Å². The first kappa shape index (κ1) is 9.91. The Morgan fingerprint density at radius 3 is 2.62 bits per heavy atom. The maximum Gasteiger partial charge on any atom is 0.349 e. The van der Waals surface area contributed by atoms with Crippen molar-refractivity contribution in [1.82, 2.24) is 9.97 Å². The summed E-state index contributed by atoms with van der Waals surface area (Å²) >= 11 is 0.472. The van der Waals surface area contributed by atoms with Crippen molar-refractivity contribution in [2.75, 3.05) is 0 Å². The third-order valence-corrected chi connectivity index (χ3v) is 1.99. The van der Waals surface area contributed by atoms with Crippen LogP contribution in [0.3, 0.4) is 0 Å². The minimum absolute atomic E-state index is 0.125. The van der Waals surface area contributed by atoms with E-state index < -0.39 is 11.5 Å². The smallest absolute Gasteiger partial charge is 0.349 e. The molecule has 6 heteroatoms. The maximum atomic E-state index is 12.6. The van der Waals surface area contributed by atoms with E-state index in [0.717, 1.165) is 5.56 Å². The molecule has 1 aromatic rings. The molecule has 0 aromatic carbocycles. The van der Waals surface area contributed by atoms with E-state index in [0.29, 0.717) is 11.8 Å². The average molecular weight is 202 g/mol. The molecule has 13 heavy (non-hydrogen) atoms. The Labute approximate surface area is 78.2 Å². The summed E-state index contributed by atoms with van der Waals surface area (Å²) in [6.07, 6.45) is 3.01. The fourth-order valence-corrected chi connectivity index (χ4v) is 1.10. The molecule has 0 saturated carbocycles. The van der Waals surface area contributed by atoms with E-state index in [1.54, 1.807) is 6.92 Å². The number of carbonyl (C=O) groups is 1. The zero-order valence-corrected chi connectivity index (χ0v) is 7.58. The maximum absolute atomic E-state index is 12.6. The number of alkyl halides is 1. The van der Waals surface area contributed by atoms with Gasteiger partial charge in [-0.25, -0.2) is 19.2 Å². The van der Waals surface area contributed by atoms with Crippen molar-refractivity contribution >= 4 is 17.7 Å². The molecule has 1 atom stereocenters. The fraction of sp³-hybridized carbons (Fsp3) is 0.286. The second-order valence-corrected chi connectivity index (χ2v) is 3.33. The van der Waals surface area contributed by atoms with Crippen molar-refractivity contribution in [3.05, 3.63) is 18.0 Å². The molecule has 1 rings (SSSR count). The van der Waals surface area contributed by atoms with E-state index in [-0.39, 0.29) is 5.16 Å². The Morgan fingerprint density at radius 2 is 2.15 bits per heavy atom. The van der Waals surface area contributed by atoms with E-state index in [4.69, 9.17) is 5.11 Å². The van der Waals surface area contributed by atoms with Gasteiger partial charge in [0.2, 0.25) is 5.50 Å². The molecule has 0 aliphatic carbocycles. The lowest BCUT2D eigenvalue weighted by Crippen LogP contribution is -2.10. The second-order valence-electron chi connectivity index (χ2n) is 2.32. The highest BCUT2D eigenvalue weighted by Gasteiger charge is 2.18. The number of halogens is 1. The summed E-state index contributed by atoms with van der Waals surface area (Å²) in [4.78, 5) is 17.6. The molecule has 1 aromatic heterocycles. The molecule has 70 valence electrons. The van der Waals surface area contributed by atoms with Gasteiger partial charge in [0.1, 0.15) is 0 Å². The Bertz CT molecular complexity index is 304. The molecule has 1 unspecified atom stereocenters. The number of hydrogen-bond acceptors (Lipinski definition) is 4. The van der Waals surface area contributed by atoms with Gasteiger partial charge in [-0.1, -0.05) is 0 Å². The highest BCUT2D eigenvalue weighted by atomic mass is 32.2. The van der Waals surface area contributed by atoms with Gasteiger partial charge in [-0.05, 0) is 24.2 Å². The molecule has 4 nitrogen and oxygen atoms in total. The summed E-state index contributed by atoms with van der Waals surface area (Å²) in [5.74, 6) is -1.52. The summed E-state index contributed by atoms with van der Waals surface area (Å²) in [7, 11) is 0. The topological polar surface area (TPSA) is 63.1 Å². The monoisotopic (exact) mass is 202 g/mol. The number of carboxylic acids is 1. The van der Waals surface area contributed by atoms with Crippen molar-refractivity contribution < 1.29 is 14.3 Å². The highest BCUT2D eigenvalue weighted by molar-refractivity contribution is 8.00. The van der Waals surface area contributed by atoms with Gasteiger partial charge in [0.15, 0.2) is 5.16 Å². The minimum atomic E-state index is -2.01. The Balaban J connectivity index is 2.64. The van der Waals surface area contributed by atoms with Crippen LogP contribution in [0, 0.1) is 6.92 Å². The predicted molar refractivity (Wildman–Crippen MR) is 45.2 cm³/mol. The lowest BCUT2D eigenvalue weighted by molar-refractivity contribution is -0.139. The number of carboxylic acid groups (broad SMARTS) is 1. The predicted octanol–water partition coefficient (Wildman–Crippen LogP) is 1.26. The molecule has 0 radical (unpaired) electrons. The van der Waals surface area contributed by atoms with Crippen LogP contribution in [-0.4, -0.2) is 26.5 Å². The zero-order chi connectivity index (χ0) is 9.84. The first-order chi connectivity index (χ1) is 6.09. The summed E-state index contributed by atoms with van der Waals surface area (Å²) in [6.45, 7) is 1.79. The third-order valence-electron chi connectivity index (χ3n) is 1.16. The molecule has 0 fully saturated rings. The zero-order valence-electron chi connectivity index (χ0n) is 6.77. The SMILES string of the molecule is Cc1cnc(SC(F)C(=O)O)nc1. The van der Waals surface area contributed by atoms with E-state index in [9.17, 15) is 9.18 Å². The van der Waals surface area contributed by atoms with Crippen molar-refractivity contribution in [2.45, 2.75) is 17.6 Å². The first-order valence-corrected chi connectivity index (χ1v) is 4.30. The number of aryl methyl sites for hydroxylation is 1. The highest BCUT2D eigenvalue weighted by Crippen LogP contribution is 2.19. The van der Waals surface area contributed by atoms with Crippen LogP contribution in [0.4, 0.5) is 4.39 Å². The molecular weight excluding hydrogens is 195 g/mol. The van der Waals surface area contributed by atoms with E-state index in [1.807, 2.05) is 0 Å². The standard InChI is InChI=1S/C7H7FN2O2S/c1-4-2-9-7(10-3-4)13-5(8)6(11)12/h2-3,5H,1H3,(H,11,12). The molecule has 0 amide bonds.